The molecular formula is C12H13ClFNO3. The normalized spacial score (nSPS) is 12.0. The number of amides is 1. The second-order valence-corrected chi connectivity index (χ2v) is 4.37. The number of carbonyl (C=O) groups excluding carboxylic acids is 1. The summed E-state index contributed by atoms with van der Waals surface area (Å²) >= 11 is 5.63. The first-order chi connectivity index (χ1) is 8.32. The summed E-state index contributed by atoms with van der Waals surface area (Å²) in [5.41, 5.74) is 0.377. The van der Waals surface area contributed by atoms with Crippen LogP contribution < -0.4 is 4.90 Å². The van der Waals surface area contributed by atoms with Crippen LogP contribution in [0.2, 0.25) is 5.02 Å². The molecule has 0 aromatic heterocycles. The number of hydrogen-bond acceptors (Lipinski definition) is 2. The average Bonchev–Trinajstić information content (AvgIpc) is 2.29. The summed E-state index contributed by atoms with van der Waals surface area (Å²) < 4.78 is 13.0. The maximum atomic E-state index is 13.0. The molecule has 1 aromatic carbocycles. The molecule has 1 atom stereocenters. The zero-order chi connectivity index (χ0) is 13.9. The van der Waals surface area contributed by atoms with Crippen molar-refractivity contribution in [3.8, 4) is 0 Å². The monoisotopic (exact) mass is 273 g/mol. The van der Waals surface area contributed by atoms with Crippen LogP contribution in [0.5, 0.6) is 0 Å². The maximum absolute atomic E-state index is 13.0. The molecular weight excluding hydrogens is 261 g/mol. The quantitative estimate of drug-likeness (QED) is 0.917. The van der Waals surface area contributed by atoms with E-state index in [4.69, 9.17) is 16.7 Å². The molecule has 0 heterocycles. The molecule has 1 rings (SSSR count). The second-order valence-electron chi connectivity index (χ2n) is 3.97. The predicted molar refractivity (Wildman–Crippen MR) is 66.2 cm³/mol. The van der Waals surface area contributed by atoms with E-state index >= 15 is 0 Å². The molecule has 1 N–H and O–H groups in total. The summed E-state index contributed by atoms with van der Waals surface area (Å²) in [7, 11) is 0. The number of aliphatic carboxylic acids is 1. The van der Waals surface area contributed by atoms with Gasteiger partial charge < -0.3 is 10.0 Å². The second kappa shape index (κ2) is 5.82. The molecule has 0 spiro atoms. The highest BCUT2D eigenvalue weighted by Crippen LogP contribution is 2.23. The van der Waals surface area contributed by atoms with Gasteiger partial charge in [-0.25, -0.2) is 4.39 Å². The summed E-state index contributed by atoms with van der Waals surface area (Å²) in [6.45, 7) is 2.81. The van der Waals surface area contributed by atoms with Crippen molar-refractivity contribution in [2.75, 3.05) is 11.4 Å². The summed E-state index contributed by atoms with van der Waals surface area (Å²) in [4.78, 5) is 23.5. The molecule has 1 unspecified atom stereocenters. The Morgan fingerprint density at radius 2 is 2.11 bits per heavy atom. The van der Waals surface area contributed by atoms with Crippen LogP contribution in [0.15, 0.2) is 18.2 Å². The molecule has 0 fully saturated rings. The lowest BCUT2D eigenvalue weighted by Gasteiger charge is -2.23. The maximum Gasteiger partial charge on any atom is 0.308 e. The van der Waals surface area contributed by atoms with E-state index in [1.165, 1.54) is 30.9 Å². The number of rotatable bonds is 4. The Balaban J connectivity index is 3.01. The Morgan fingerprint density at radius 1 is 1.50 bits per heavy atom. The van der Waals surface area contributed by atoms with E-state index in [0.717, 1.165) is 6.07 Å². The number of benzene rings is 1. The van der Waals surface area contributed by atoms with Gasteiger partial charge in [-0.1, -0.05) is 18.5 Å². The van der Waals surface area contributed by atoms with Gasteiger partial charge in [0.15, 0.2) is 0 Å². The van der Waals surface area contributed by atoms with Crippen LogP contribution in [0.1, 0.15) is 13.8 Å². The number of carboxylic acids is 1. The van der Waals surface area contributed by atoms with Gasteiger partial charge in [-0.15, -0.1) is 0 Å². The van der Waals surface area contributed by atoms with Gasteiger partial charge in [-0.3, -0.25) is 9.59 Å². The first-order valence-corrected chi connectivity index (χ1v) is 5.66. The highest BCUT2D eigenvalue weighted by atomic mass is 35.5. The molecule has 0 saturated heterocycles. The lowest BCUT2D eigenvalue weighted by atomic mass is 10.1. The Bertz CT molecular complexity index is 478. The Kier molecular flexibility index (Phi) is 4.67. The van der Waals surface area contributed by atoms with Crippen molar-refractivity contribution < 1.29 is 19.1 Å². The lowest BCUT2D eigenvalue weighted by molar-refractivity contribution is -0.140. The van der Waals surface area contributed by atoms with Crippen molar-refractivity contribution in [3.63, 3.8) is 0 Å². The van der Waals surface area contributed by atoms with Crippen LogP contribution in [-0.2, 0) is 9.59 Å². The average molecular weight is 274 g/mol. The minimum atomic E-state index is -1.01. The lowest BCUT2D eigenvalue weighted by Crippen LogP contribution is -2.35. The minimum Gasteiger partial charge on any atom is -0.481 e. The Hall–Kier alpha value is -1.62. The van der Waals surface area contributed by atoms with E-state index in [1.807, 2.05) is 0 Å². The molecule has 4 nitrogen and oxygen atoms in total. The van der Waals surface area contributed by atoms with Crippen LogP contribution >= 0.6 is 11.6 Å². The Labute approximate surface area is 109 Å². The van der Waals surface area contributed by atoms with Gasteiger partial charge in [0.05, 0.1) is 10.9 Å². The molecule has 0 saturated carbocycles. The fourth-order valence-corrected chi connectivity index (χ4v) is 1.60. The number of carboxylic acid groups (broad SMARTS) is 1. The summed E-state index contributed by atoms with van der Waals surface area (Å²) in [5.74, 6) is -2.65. The van der Waals surface area contributed by atoms with Crippen molar-refractivity contribution in [1.29, 1.82) is 0 Å². The van der Waals surface area contributed by atoms with Crippen LogP contribution in [-0.4, -0.2) is 23.5 Å². The number of nitrogens with zero attached hydrogens (tertiary/aromatic N) is 1. The molecule has 98 valence electrons. The fourth-order valence-electron chi connectivity index (χ4n) is 1.42. The highest BCUT2D eigenvalue weighted by molar-refractivity contribution is 6.31. The van der Waals surface area contributed by atoms with Gasteiger partial charge in [0, 0.05) is 19.2 Å². The zero-order valence-electron chi connectivity index (χ0n) is 9.98. The molecule has 1 amide bonds. The highest BCUT2D eigenvalue weighted by Gasteiger charge is 2.20. The van der Waals surface area contributed by atoms with Crippen molar-refractivity contribution in [1.82, 2.24) is 0 Å². The predicted octanol–water partition coefficient (Wildman–Crippen LogP) is 2.55. The topological polar surface area (TPSA) is 57.6 Å². The zero-order valence-corrected chi connectivity index (χ0v) is 10.7. The van der Waals surface area contributed by atoms with Gasteiger partial charge in [0.1, 0.15) is 5.82 Å². The molecule has 6 heteroatoms. The van der Waals surface area contributed by atoms with Crippen molar-refractivity contribution in [2.24, 2.45) is 5.92 Å². The summed E-state index contributed by atoms with van der Waals surface area (Å²) in [5, 5.41) is 8.72. The smallest absolute Gasteiger partial charge is 0.308 e. The minimum absolute atomic E-state index is 0.00658. The van der Waals surface area contributed by atoms with Crippen molar-refractivity contribution >= 4 is 29.2 Å². The standard InChI is InChI=1S/C12H13ClFNO3/c1-7(12(17)18)6-15(8(2)16)9-3-4-11(14)10(13)5-9/h3-5,7H,6H2,1-2H3,(H,17,18). The van der Waals surface area contributed by atoms with Gasteiger partial charge in [-0.05, 0) is 18.2 Å². The van der Waals surface area contributed by atoms with E-state index in [-0.39, 0.29) is 17.5 Å². The van der Waals surface area contributed by atoms with Crippen LogP contribution in [0.3, 0.4) is 0 Å². The molecule has 1 aromatic rings. The van der Waals surface area contributed by atoms with Crippen molar-refractivity contribution in [3.05, 3.63) is 29.0 Å². The SMILES string of the molecule is CC(=O)N(CC(C)C(=O)O)c1ccc(F)c(Cl)c1. The third kappa shape index (κ3) is 3.43. The molecule has 0 aliphatic carbocycles. The number of halogens is 2. The van der Waals surface area contributed by atoms with E-state index in [9.17, 15) is 14.0 Å². The van der Waals surface area contributed by atoms with Crippen LogP contribution in [0, 0.1) is 11.7 Å². The van der Waals surface area contributed by atoms with Gasteiger partial charge in [-0.2, -0.15) is 0 Å². The van der Waals surface area contributed by atoms with Crippen molar-refractivity contribution in [2.45, 2.75) is 13.8 Å². The van der Waals surface area contributed by atoms with E-state index in [0.29, 0.717) is 5.69 Å². The fraction of sp³-hybridized carbons (Fsp3) is 0.333. The van der Waals surface area contributed by atoms with Crippen LogP contribution in [0.4, 0.5) is 10.1 Å². The van der Waals surface area contributed by atoms with E-state index in [1.54, 1.807) is 0 Å². The van der Waals surface area contributed by atoms with Gasteiger partial charge in [0.25, 0.3) is 0 Å². The summed E-state index contributed by atoms with van der Waals surface area (Å²) in [6, 6.07) is 3.82. The largest absolute Gasteiger partial charge is 0.481 e. The number of hydrogen-bond donors (Lipinski definition) is 1. The first-order valence-electron chi connectivity index (χ1n) is 5.29. The van der Waals surface area contributed by atoms with Gasteiger partial charge >= 0.3 is 5.97 Å². The Morgan fingerprint density at radius 3 is 2.56 bits per heavy atom. The van der Waals surface area contributed by atoms with Gasteiger partial charge in [0.2, 0.25) is 5.91 Å². The molecule has 18 heavy (non-hydrogen) atoms. The number of anilines is 1. The first kappa shape index (κ1) is 14.4. The third-order valence-electron chi connectivity index (χ3n) is 2.47. The summed E-state index contributed by atoms with van der Waals surface area (Å²) in [6.07, 6.45) is 0. The van der Waals surface area contributed by atoms with E-state index in [2.05, 4.69) is 0 Å². The number of carbonyl (C=O) groups is 2. The van der Waals surface area contributed by atoms with Crippen LogP contribution in [0.25, 0.3) is 0 Å². The third-order valence-corrected chi connectivity index (χ3v) is 2.76. The molecule has 0 aliphatic heterocycles. The molecule has 0 aliphatic rings. The molecule has 0 radical (unpaired) electrons. The van der Waals surface area contributed by atoms with E-state index < -0.39 is 17.7 Å². The molecule has 0 bridgehead atoms.